The number of carboxylic acids is 1. The SMILES string of the molecule is Cc1cccc(C)c1OCC(C)NC(=O)CN(CC(=O)O)C(=O)OC(C)(C)C. The first kappa shape index (κ1) is 23.3. The molecule has 1 aromatic rings. The highest BCUT2D eigenvalue weighted by atomic mass is 16.6. The van der Waals surface area contributed by atoms with Crippen molar-refractivity contribution in [3.63, 3.8) is 0 Å². The molecule has 0 fully saturated rings. The first-order chi connectivity index (χ1) is 12.9. The molecular formula is C20H30N2O6. The lowest BCUT2D eigenvalue weighted by Crippen LogP contribution is -2.47. The number of ether oxygens (including phenoxy) is 2. The van der Waals surface area contributed by atoms with E-state index in [1.807, 2.05) is 32.0 Å². The van der Waals surface area contributed by atoms with E-state index in [0.29, 0.717) is 0 Å². The van der Waals surface area contributed by atoms with Crippen molar-refractivity contribution in [1.82, 2.24) is 10.2 Å². The molecule has 0 radical (unpaired) electrons. The number of hydrogen-bond donors (Lipinski definition) is 2. The van der Waals surface area contributed by atoms with E-state index in [0.717, 1.165) is 21.8 Å². The van der Waals surface area contributed by atoms with Crippen molar-refractivity contribution in [2.45, 2.75) is 53.2 Å². The van der Waals surface area contributed by atoms with Gasteiger partial charge in [-0.1, -0.05) is 18.2 Å². The van der Waals surface area contributed by atoms with Gasteiger partial charge in [0, 0.05) is 0 Å². The van der Waals surface area contributed by atoms with Gasteiger partial charge in [-0.25, -0.2) is 4.79 Å². The number of hydrogen-bond acceptors (Lipinski definition) is 5. The molecule has 0 saturated carbocycles. The third kappa shape index (κ3) is 8.28. The number of carbonyl (C=O) groups excluding carboxylic acids is 2. The summed E-state index contributed by atoms with van der Waals surface area (Å²) in [5, 5.41) is 11.7. The quantitative estimate of drug-likeness (QED) is 0.702. The van der Waals surface area contributed by atoms with Crippen LogP contribution in [0.4, 0.5) is 4.79 Å². The van der Waals surface area contributed by atoms with Crippen LogP contribution in [0.5, 0.6) is 5.75 Å². The monoisotopic (exact) mass is 394 g/mol. The molecule has 28 heavy (non-hydrogen) atoms. The van der Waals surface area contributed by atoms with E-state index in [1.165, 1.54) is 0 Å². The maximum atomic E-state index is 12.3. The Morgan fingerprint density at radius 1 is 1.14 bits per heavy atom. The van der Waals surface area contributed by atoms with Crippen molar-refractivity contribution in [2.24, 2.45) is 0 Å². The molecule has 8 heteroatoms. The van der Waals surface area contributed by atoms with Crippen LogP contribution in [-0.4, -0.2) is 59.3 Å². The molecule has 0 aliphatic heterocycles. The van der Waals surface area contributed by atoms with Gasteiger partial charge in [-0.2, -0.15) is 0 Å². The van der Waals surface area contributed by atoms with E-state index in [-0.39, 0.29) is 12.6 Å². The summed E-state index contributed by atoms with van der Waals surface area (Å²) >= 11 is 0. The number of para-hydroxylation sites is 1. The second-order valence-corrected chi connectivity index (χ2v) is 7.73. The summed E-state index contributed by atoms with van der Waals surface area (Å²) in [6, 6.07) is 5.49. The molecule has 1 unspecified atom stereocenters. The van der Waals surface area contributed by atoms with Crippen LogP contribution in [-0.2, 0) is 14.3 Å². The molecule has 1 rings (SSSR count). The maximum absolute atomic E-state index is 12.3. The second kappa shape index (κ2) is 9.96. The summed E-state index contributed by atoms with van der Waals surface area (Å²) in [6.07, 6.45) is -0.857. The van der Waals surface area contributed by atoms with Crippen molar-refractivity contribution in [2.75, 3.05) is 19.7 Å². The molecule has 0 spiro atoms. The van der Waals surface area contributed by atoms with E-state index in [9.17, 15) is 14.4 Å². The number of aryl methyl sites for hydroxylation is 2. The molecule has 0 aromatic heterocycles. The first-order valence-electron chi connectivity index (χ1n) is 9.07. The van der Waals surface area contributed by atoms with E-state index in [1.54, 1.807) is 27.7 Å². The normalized spacial score (nSPS) is 12.1. The standard InChI is InChI=1S/C20H30N2O6/c1-13-8-7-9-14(2)18(13)27-12-15(3)21-16(23)10-22(11-17(24)25)19(26)28-20(4,5)6/h7-9,15H,10-12H2,1-6H3,(H,21,23)(H,24,25). The summed E-state index contributed by atoms with van der Waals surface area (Å²) in [5.74, 6) is -0.959. The number of carbonyl (C=O) groups is 3. The Balaban J connectivity index is 2.63. The number of nitrogens with zero attached hydrogens (tertiary/aromatic N) is 1. The fourth-order valence-electron chi connectivity index (χ4n) is 2.45. The summed E-state index contributed by atoms with van der Waals surface area (Å²) < 4.78 is 11.0. The van der Waals surface area contributed by atoms with Gasteiger partial charge in [-0.15, -0.1) is 0 Å². The number of amides is 2. The van der Waals surface area contributed by atoms with Crippen LogP contribution in [0.3, 0.4) is 0 Å². The molecule has 0 heterocycles. The van der Waals surface area contributed by atoms with Crippen molar-refractivity contribution in [3.8, 4) is 5.75 Å². The molecule has 1 aromatic carbocycles. The van der Waals surface area contributed by atoms with Crippen LogP contribution in [0.25, 0.3) is 0 Å². The topological polar surface area (TPSA) is 105 Å². The van der Waals surface area contributed by atoms with Gasteiger partial charge in [0.1, 0.15) is 31.0 Å². The molecule has 0 aliphatic rings. The first-order valence-corrected chi connectivity index (χ1v) is 9.07. The third-order valence-electron chi connectivity index (χ3n) is 3.61. The molecule has 0 saturated heterocycles. The smallest absolute Gasteiger partial charge is 0.411 e. The largest absolute Gasteiger partial charge is 0.491 e. The Morgan fingerprint density at radius 3 is 2.21 bits per heavy atom. The maximum Gasteiger partial charge on any atom is 0.411 e. The van der Waals surface area contributed by atoms with Crippen molar-refractivity contribution < 1.29 is 29.0 Å². The molecule has 0 aliphatic carbocycles. The molecule has 2 amide bonds. The van der Waals surface area contributed by atoms with Crippen LogP contribution in [0.2, 0.25) is 0 Å². The zero-order chi connectivity index (χ0) is 21.5. The average Bonchev–Trinajstić information content (AvgIpc) is 2.51. The number of benzene rings is 1. The van der Waals surface area contributed by atoms with Gasteiger partial charge in [0.25, 0.3) is 0 Å². The molecule has 0 bridgehead atoms. The molecule has 2 N–H and O–H groups in total. The lowest BCUT2D eigenvalue weighted by molar-refractivity contribution is -0.138. The van der Waals surface area contributed by atoms with Crippen molar-refractivity contribution in [3.05, 3.63) is 29.3 Å². The number of nitrogens with one attached hydrogen (secondary N) is 1. The fourth-order valence-corrected chi connectivity index (χ4v) is 2.45. The third-order valence-corrected chi connectivity index (χ3v) is 3.61. The zero-order valence-corrected chi connectivity index (χ0v) is 17.4. The van der Waals surface area contributed by atoms with Gasteiger partial charge in [0.2, 0.25) is 5.91 Å². The highest BCUT2D eigenvalue weighted by Crippen LogP contribution is 2.22. The molecule has 1 atom stereocenters. The predicted molar refractivity (Wildman–Crippen MR) is 104 cm³/mol. The summed E-state index contributed by atoms with van der Waals surface area (Å²) in [5.41, 5.74) is 1.20. The Bertz CT molecular complexity index is 691. The number of rotatable bonds is 8. The van der Waals surface area contributed by atoms with Crippen LogP contribution in [0.15, 0.2) is 18.2 Å². The van der Waals surface area contributed by atoms with Crippen LogP contribution < -0.4 is 10.1 Å². The van der Waals surface area contributed by atoms with Gasteiger partial charge in [0.15, 0.2) is 0 Å². The van der Waals surface area contributed by atoms with Gasteiger partial charge < -0.3 is 19.9 Å². The van der Waals surface area contributed by atoms with E-state index in [2.05, 4.69) is 5.32 Å². The highest BCUT2D eigenvalue weighted by Gasteiger charge is 2.26. The van der Waals surface area contributed by atoms with Crippen LogP contribution in [0, 0.1) is 13.8 Å². The lowest BCUT2D eigenvalue weighted by atomic mass is 10.1. The van der Waals surface area contributed by atoms with Crippen LogP contribution >= 0.6 is 0 Å². The van der Waals surface area contributed by atoms with Gasteiger partial charge in [-0.05, 0) is 52.7 Å². The minimum absolute atomic E-state index is 0.239. The summed E-state index contributed by atoms with van der Waals surface area (Å²) in [6.45, 7) is 9.82. The van der Waals surface area contributed by atoms with E-state index in [4.69, 9.17) is 14.6 Å². The molecular weight excluding hydrogens is 364 g/mol. The average molecular weight is 394 g/mol. The Hall–Kier alpha value is -2.77. The Labute approximate surface area is 165 Å². The molecule has 156 valence electrons. The Kier molecular flexibility index (Phi) is 8.28. The number of carboxylic acid groups (broad SMARTS) is 1. The van der Waals surface area contributed by atoms with Crippen LogP contribution in [0.1, 0.15) is 38.8 Å². The van der Waals surface area contributed by atoms with Gasteiger partial charge in [-0.3, -0.25) is 14.5 Å². The predicted octanol–water partition coefficient (Wildman–Crippen LogP) is 2.51. The van der Waals surface area contributed by atoms with E-state index < -0.39 is 36.7 Å². The number of aliphatic carboxylic acids is 1. The highest BCUT2D eigenvalue weighted by molar-refractivity contribution is 5.85. The van der Waals surface area contributed by atoms with Crippen molar-refractivity contribution >= 4 is 18.0 Å². The lowest BCUT2D eigenvalue weighted by Gasteiger charge is -2.26. The summed E-state index contributed by atoms with van der Waals surface area (Å²) in [7, 11) is 0. The minimum atomic E-state index is -1.23. The van der Waals surface area contributed by atoms with Gasteiger partial charge in [0.05, 0.1) is 6.04 Å². The van der Waals surface area contributed by atoms with E-state index >= 15 is 0 Å². The summed E-state index contributed by atoms with van der Waals surface area (Å²) in [4.78, 5) is 36.2. The fraction of sp³-hybridized carbons (Fsp3) is 0.550. The molecule has 8 nitrogen and oxygen atoms in total. The van der Waals surface area contributed by atoms with Crippen molar-refractivity contribution in [1.29, 1.82) is 0 Å². The Morgan fingerprint density at radius 2 is 1.71 bits per heavy atom. The minimum Gasteiger partial charge on any atom is -0.491 e. The zero-order valence-electron chi connectivity index (χ0n) is 17.4. The second-order valence-electron chi connectivity index (χ2n) is 7.73. The van der Waals surface area contributed by atoms with Gasteiger partial charge >= 0.3 is 12.1 Å².